The molecular formula is C28H27N5O3. The van der Waals surface area contributed by atoms with E-state index in [4.69, 9.17) is 10.5 Å². The molecule has 0 radical (unpaired) electrons. The van der Waals surface area contributed by atoms with Crippen molar-refractivity contribution in [1.82, 2.24) is 14.7 Å². The molecule has 0 spiro atoms. The molecule has 1 saturated heterocycles. The SMILES string of the molecule is Cc1ccc(-n2ncc(N3CCN(C(N)=O)CC3)c(Oc3ccc(-c4ccccc4)cc3)c2=O)cc1. The molecule has 0 atom stereocenters. The Balaban J connectivity index is 1.50. The highest BCUT2D eigenvalue weighted by molar-refractivity contribution is 5.72. The number of urea groups is 1. The van der Waals surface area contributed by atoms with Gasteiger partial charge in [0, 0.05) is 26.2 Å². The maximum atomic E-state index is 13.6. The molecule has 8 nitrogen and oxygen atoms in total. The maximum Gasteiger partial charge on any atom is 0.316 e. The highest BCUT2D eigenvalue weighted by atomic mass is 16.5. The fourth-order valence-electron chi connectivity index (χ4n) is 4.25. The number of rotatable bonds is 5. The predicted octanol–water partition coefficient (Wildman–Crippen LogP) is 4.20. The van der Waals surface area contributed by atoms with Crippen molar-refractivity contribution in [3.63, 3.8) is 0 Å². The van der Waals surface area contributed by atoms with Crippen LogP contribution >= 0.6 is 0 Å². The van der Waals surface area contributed by atoms with Gasteiger partial charge in [-0.1, -0.05) is 60.2 Å². The third-order valence-electron chi connectivity index (χ3n) is 6.31. The van der Waals surface area contributed by atoms with Gasteiger partial charge in [-0.25, -0.2) is 4.79 Å². The van der Waals surface area contributed by atoms with E-state index in [1.807, 2.05) is 90.7 Å². The topological polar surface area (TPSA) is 93.7 Å². The van der Waals surface area contributed by atoms with Crippen molar-refractivity contribution in [2.75, 3.05) is 31.1 Å². The van der Waals surface area contributed by atoms with E-state index in [0.29, 0.717) is 43.3 Å². The van der Waals surface area contributed by atoms with Gasteiger partial charge in [-0.2, -0.15) is 9.78 Å². The Morgan fingerprint density at radius 1 is 0.861 bits per heavy atom. The summed E-state index contributed by atoms with van der Waals surface area (Å²) in [4.78, 5) is 28.8. The minimum absolute atomic E-state index is 0.186. The Labute approximate surface area is 209 Å². The standard InChI is InChI=1S/C28H27N5O3/c1-20-7-11-23(12-8-20)33-27(34)26(25(19-30-33)31-15-17-32(18-16-31)28(29)35)36-24-13-9-22(10-14-24)21-5-3-2-4-6-21/h2-14,19H,15-18H2,1H3,(H2,29,35). The zero-order chi connectivity index (χ0) is 25.1. The van der Waals surface area contributed by atoms with Crippen LogP contribution in [-0.4, -0.2) is 46.9 Å². The van der Waals surface area contributed by atoms with E-state index in [-0.39, 0.29) is 11.3 Å². The lowest BCUT2D eigenvalue weighted by molar-refractivity contribution is 0.204. The van der Waals surface area contributed by atoms with Crippen LogP contribution in [-0.2, 0) is 0 Å². The van der Waals surface area contributed by atoms with Crippen LogP contribution in [0.4, 0.5) is 10.5 Å². The number of ether oxygens (including phenoxy) is 1. The Kier molecular flexibility index (Phi) is 6.40. The molecule has 5 rings (SSSR count). The summed E-state index contributed by atoms with van der Waals surface area (Å²) in [5.74, 6) is 0.732. The second kappa shape index (κ2) is 9.95. The first-order valence-corrected chi connectivity index (χ1v) is 11.8. The molecule has 2 amide bonds. The second-order valence-corrected chi connectivity index (χ2v) is 8.72. The van der Waals surface area contributed by atoms with Crippen molar-refractivity contribution in [3.8, 4) is 28.3 Å². The van der Waals surface area contributed by atoms with E-state index >= 15 is 0 Å². The number of carbonyl (C=O) groups excluding carboxylic acids is 1. The predicted molar refractivity (Wildman–Crippen MR) is 140 cm³/mol. The van der Waals surface area contributed by atoms with Crippen LogP contribution in [0.3, 0.4) is 0 Å². The average Bonchev–Trinajstić information content (AvgIpc) is 2.91. The fourth-order valence-corrected chi connectivity index (χ4v) is 4.25. The highest BCUT2D eigenvalue weighted by Crippen LogP contribution is 2.31. The summed E-state index contributed by atoms with van der Waals surface area (Å²) in [7, 11) is 0. The number of benzene rings is 3. The lowest BCUT2D eigenvalue weighted by Gasteiger charge is -2.35. The summed E-state index contributed by atoms with van der Waals surface area (Å²) in [6, 6.07) is 24.8. The lowest BCUT2D eigenvalue weighted by Crippen LogP contribution is -2.50. The number of piperazine rings is 1. The minimum atomic E-state index is -0.447. The molecule has 0 bridgehead atoms. The van der Waals surface area contributed by atoms with Crippen LogP contribution in [0.1, 0.15) is 5.56 Å². The van der Waals surface area contributed by atoms with E-state index in [1.165, 1.54) is 4.68 Å². The van der Waals surface area contributed by atoms with E-state index < -0.39 is 6.03 Å². The number of anilines is 1. The first-order valence-electron chi connectivity index (χ1n) is 11.8. The molecule has 2 N–H and O–H groups in total. The number of hydrogen-bond donors (Lipinski definition) is 1. The van der Waals surface area contributed by atoms with Gasteiger partial charge in [0.05, 0.1) is 11.9 Å². The van der Waals surface area contributed by atoms with E-state index in [9.17, 15) is 9.59 Å². The molecule has 36 heavy (non-hydrogen) atoms. The molecule has 182 valence electrons. The van der Waals surface area contributed by atoms with Crippen LogP contribution in [0.25, 0.3) is 16.8 Å². The summed E-state index contributed by atoms with van der Waals surface area (Å²) < 4.78 is 7.57. The lowest BCUT2D eigenvalue weighted by atomic mass is 10.1. The third-order valence-corrected chi connectivity index (χ3v) is 6.31. The molecule has 1 aliphatic rings. The Morgan fingerprint density at radius 2 is 1.50 bits per heavy atom. The van der Waals surface area contributed by atoms with Crippen molar-refractivity contribution < 1.29 is 9.53 Å². The Hall–Kier alpha value is -4.59. The third kappa shape index (κ3) is 4.79. The van der Waals surface area contributed by atoms with Gasteiger partial charge in [0.25, 0.3) is 0 Å². The van der Waals surface area contributed by atoms with E-state index in [0.717, 1.165) is 16.7 Å². The smallest absolute Gasteiger partial charge is 0.316 e. The summed E-state index contributed by atoms with van der Waals surface area (Å²) in [6.07, 6.45) is 1.65. The number of nitrogens with two attached hydrogens (primary N) is 1. The van der Waals surface area contributed by atoms with Crippen LogP contribution in [0.5, 0.6) is 11.5 Å². The molecule has 1 fully saturated rings. The Morgan fingerprint density at radius 3 is 2.14 bits per heavy atom. The van der Waals surface area contributed by atoms with Crippen LogP contribution < -0.4 is 20.9 Å². The maximum absolute atomic E-state index is 13.6. The highest BCUT2D eigenvalue weighted by Gasteiger charge is 2.25. The van der Waals surface area contributed by atoms with Crippen molar-refractivity contribution in [2.24, 2.45) is 5.73 Å². The fraction of sp³-hybridized carbons (Fsp3) is 0.179. The van der Waals surface area contributed by atoms with Crippen molar-refractivity contribution in [1.29, 1.82) is 0 Å². The molecule has 0 saturated carbocycles. The zero-order valence-corrected chi connectivity index (χ0v) is 20.0. The van der Waals surface area contributed by atoms with Gasteiger partial charge in [0.1, 0.15) is 11.4 Å². The van der Waals surface area contributed by atoms with Crippen molar-refractivity contribution in [2.45, 2.75) is 6.92 Å². The number of aryl methyl sites for hydroxylation is 1. The summed E-state index contributed by atoms with van der Waals surface area (Å²) >= 11 is 0. The molecule has 4 aromatic rings. The van der Waals surface area contributed by atoms with Crippen LogP contribution in [0.2, 0.25) is 0 Å². The summed E-state index contributed by atoms with van der Waals surface area (Å²) in [5, 5.41) is 4.44. The van der Waals surface area contributed by atoms with E-state index in [2.05, 4.69) is 5.10 Å². The van der Waals surface area contributed by atoms with Gasteiger partial charge < -0.3 is 20.3 Å². The van der Waals surface area contributed by atoms with Gasteiger partial charge >= 0.3 is 11.6 Å². The number of primary amides is 1. The number of amides is 2. The number of nitrogens with zero attached hydrogens (tertiary/aromatic N) is 4. The van der Waals surface area contributed by atoms with E-state index in [1.54, 1.807) is 11.1 Å². The summed E-state index contributed by atoms with van der Waals surface area (Å²) in [5.41, 5.74) is 9.55. The van der Waals surface area contributed by atoms with Gasteiger partial charge in [-0.15, -0.1) is 0 Å². The monoisotopic (exact) mass is 481 g/mol. The summed E-state index contributed by atoms with van der Waals surface area (Å²) in [6.45, 7) is 3.94. The molecule has 1 aliphatic heterocycles. The molecule has 0 aliphatic carbocycles. The van der Waals surface area contributed by atoms with Crippen LogP contribution in [0.15, 0.2) is 89.9 Å². The number of carbonyl (C=O) groups is 1. The van der Waals surface area contributed by atoms with Crippen molar-refractivity contribution in [3.05, 3.63) is 101 Å². The second-order valence-electron chi connectivity index (χ2n) is 8.72. The largest absolute Gasteiger partial charge is 0.449 e. The minimum Gasteiger partial charge on any atom is -0.449 e. The average molecular weight is 482 g/mol. The number of aromatic nitrogens is 2. The number of hydrogen-bond acceptors (Lipinski definition) is 5. The molecular weight excluding hydrogens is 454 g/mol. The van der Waals surface area contributed by atoms with Gasteiger partial charge in [-0.05, 0) is 42.3 Å². The molecule has 8 heteroatoms. The van der Waals surface area contributed by atoms with Crippen molar-refractivity contribution >= 4 is 11.7 Å². The molecule has 0 unspecified atom stereocenters. The molecule has 1 aromatic heterocycles. The molecule has 2 heterocycles. The zero-order valence-electron chi connectivity index (χ0n) is 20.0. The first-order chi connectivity index (χ1) is 17.5. The van der Waals surface area contributed by atoms with Gasteiger partial charge in [-0.3, -0.25) is 4.79 Å². The quantitative estimate of drug-likeness (QED) is 0.461. The normalized spacial score (nSPS) is 13.5. The Bertz CT molecular complexity index is 1410. The molecule has 3 aromatic carbocycles. The van der Waals surface area contributed by atoms with Crippen LogP contribution in [0, 0.1) is 6.92 Å². The first kappa shape index (κ1) is 23.2. The van der Waals surface area contributed by atoms with Gasteiger partial charge in [0.15, 0.2) is 0 Å². The van der Waals surface area contributed by atoms with Gasteiger partial charge in [0.2, 0.25) is 5.75 Å².